The molecule has 1 aliphatic rings. The first-order valence-corrected chi connectivity index (χ1v) is 8.87. The molecule has 0 radical (unpaired) electrons. The van der Waals surface area contributed by atoms with E-state index >= 15 is 0 Å². The summed E-state index contributed by atoms with van der Waals surface area (Å²) in [7, 11) is 3.78. The van der Waals surface area contributed by atoms with Gasteiger partial charge in [0.1, 0.15) is 0 Å². The fourth-order valence-corrected chi connectivity index (χ4v) is 4.82. The molecule has 0 fully saturated rings. The lowest BCUT2D eigenvalue weighted by Crippen LogP contribution is -2.45. The molecule has 1 atom stereocenters. The standard InChI is InChI=1S/C20H16F3NOS/c1-24(2)16-8-5-6-13-12(16)10-11-15-18(13)26-17-9-4-3-7-14(17)19(15,25)20(21,22)23/h3-11,25H,1-2H3. The lowest BCUT2D eigenvalue weighted by Gasteiger charge is -2.38. The van der Waals surface area contributed by atoms with Gasteiger partial charge in [0.25, 0.3) is 0 Å². The quantitative estimate of drug-likeness (QED) is 0.635. The van der Waals surface area contributed by atoms with Crippen molar-refractivity contribution in [2.24, 2.45) is 0 Å². The first-order valence-electron chi connectivity index (χ1n) is 8.05. The first kappa shape index (κ1) is 17.2. The zero-order chi connectivity index (χ0) is 18.7. The van der Waals surface area contributed by atoms with Crippen LogP contribution in [0.4, 0.5) is 18.9 Å². The summed E-state index contributed by atoms with van der Waals surface area (Å²) in [5, 5.41) is 12.5. The predicted octanol–water partition coefficient (Wildman–Crippen LogP) is 5.17. The minimum atomic E-state index is -4.83. The van der Waals surface area contributed by atoms with Crippen molar-refractivity contribution in [3.8, 4) is 0 Å². The molecule has 3 aromatic carbocycles. The number of rotatable bonds is 1. The molecule has 0 saturated heterocycles. The van der Waals surface area contributed by atoms with Crippen LogP contribution < -0.4 is 4.90 Å². The van der Waals surface area contributed by atoms with E-state index in [0.717, 1.165) is 11.1 Å². The third kappa shape index (κ3) is 2.25. The van der Waals surface area contributed by atoms with E-state index in [-0.39, 0.29) is 11.1 Å². The maximum atomic E-state index is 14.0. The van der Waals surface area contributed by atoms with Crippen LogP contribution >= 0.6 is 11.8 Å². The van der Waals surface area contributed by atoms with Crippen molar-refractivity contribution in [2.75, 3.05) is 19.0 Å². The summed E-state index contributed by atoms with van der Waals surface area (Å²) in [6.07, 6.45) is -4.83. The minimum absolute atomic E-state index is 0.114. The topological polar surface area (TPSA) is 23.5 Å². The molecule has 0 amide bonds. The van der Waals surface area contributed by atoms with Gasteiger partial charge in [-0.1, -0.05) is 54.2 Å². The summed E-state index contributed by atoms with van der Waals surface area (Å²) < 4.78 is 42.1. The normalized spacial score (nSPS) is 19.2. The van der Waals surface area contributed by atoms with Gasteiger partial charge in [-0.15, -0.1) is 0 Å². The van der Waals surface area contributed by atoms with Crippen LogP contribution in [0.2, 0.25) is 0 Å². The van der Waals surface area contributed by atoms with Crippen LogP contribution in [0.5, 0.6) is 0 Å². The van der Waals surface area contributed by atoms with Gasteiger partial charge in [0.2, 0.25) is 5.60 Å². The maximum Gasteiger partial charge on any atom is 0.425 e. The molecule has 2 nitrogen and oxygen atoms in total. The lowest BCUT2D eigenvalue weighted by molar-refractivity contribution is -0.250. The van der Waals surface area contributed by atoms with Gasteiger partial charge >= 0.3 is 6.18 Å². The Kier molecular flexibility index (Phi) is 3.75. The predicted molar refractivity (Wildman–Crippen MR) is 97.9 cm³/mol. The van der Waals surface area contributed by atoms with Gasteiger partial charge in [-0.05, 0) is 17.5 Å². The van der Waals surface area contributed by atoms with Crippen molar-refractivity contribution in [3.05, 3.63) is 65.7 Å². The maximum absolute atomic E-state index is 14.0. The second kappa shape index (κ2) is 5.66. The highest BCUT2D eigenvalue weighted by Crippen LogP contribution is 2.56. The molecule has 134 valence electrons. The van der Waals surface area contributed by atoms with Gasteiger partial charge in [0.15, 0.2) is 0 Å². The van der Waals surface area contributed by atoms with Crippen LogP contribution in [0.3, 0.4) is 0 Å². The van der Waals surface area contributed by atoms with Crippen LogP contribution in [0.1, 0.15) is 11.1 Å². The van der Waals surface area contributed by atoms with Crippen molar-refractivity contribution in [2.45, 2.75) is 21.6 Å². The van der Waals surface area contributed by atoms with Crippen molar-refractivity contribution in [1.82, 2.24) is 0 Å². The number of halogens is 3. The van der Waals surface area contributed by atoms with E-state index in [4.69, 9.17) is 0 Å². The molecule has 0 spiro atoms. The summed E-state index contributed by atoms with van der Waals surface area (Å²) in [5.41, 5.74) is -2.34. The van der Waals surface area contributed by atoms with E-state index < -0.39 is 11.8 Å². The summed E-state index contributed by atoms with van der Waals surface area (Å²) in [5.74, 6) is 0. The molecule has 1 aliphatic heterocycles. The molecule has 1 heterocycles. The Morgan fingerprint density at radius 2 is 1.62 bits per heavy atom. The minimum Gasteiger partial charge on any atom is -0.377 e. The van der Waals surface area contributed by atoms with Gasteiger partial charge in [-0.2, -0.15) is 13.2 Å². The number of alkyl halides is 3. The van der Waals surface area contributed by atoms with E-state index in [1.54, 1.807) is 24.3 Å². The summed E-state index contributed by atoms with van der Waals surface area (Å²) in [4.78, 5) is 2.79. The molecule has 0 aliphatic carbocycles. The Morgan fingerprint density at radius 1 is 0.885 bits per heavy atom. The van der Waals surface area contributed by atoms with Crippen LogP contribution in [0.15, 0.2) is 64.4 Å². The summed E-state index contributed by atoms with van der Waals surface area (Å²) in [6, 6.07) is 14.8. The van der Waals surface area contributed by atoms with Gasteiger partial charge in [-0.3, -0.25) is 0 Å². The Balaban J connectivity index is 2.10. The highest BCUT2D eigenvalue weighted by molar-refractivity contribution is 7.99. The Morgan fingerprint density at radius 3 is 2.31 bits per heavy atom. The number of hydrogen-bond donors (Lipinski definition) is 1. The van der Waals surface area contributed by atoms with E-state index in [0.29, 0.717) is 15.2 Å². The summed E-state index contributed by atoms with van der Waals surface area (Å²) in [6.45, 7) is 0. The van der Waals surface area contributed by atoms with Crippen LogP contribution in [-0.2, 0) is 5.60 Å². The molecule has 1 N–H and O–H groups in total. The fraction of sp³-hybridized carbons (Fsp3) is 0.200. The zero-order valence-corrected chi connectivity index (χ0v) is 14.9. The van der Waals surface area contributed by atoms with E-state index in [2.05, 4.69) is 0 Å². The second-order valence-corrected chi connectivity index (χ2v) is 7.57. The van der Waals surface area contributed by atoms with Gasteiger partial charge in [-0.25, -0.2) is 0 Å². The van der Waals surface area contributed by atoms with E-state index in [1.807, 2.05) is 31.1 Å². The van der Waals surface area contributed by atoms with Gasteiger partial charge in [0, 0.05) is 46.1 Å². The Labute approximate surface area is 153 Å². The number of fused-ring (bicyclic) bond motifs is 4. The van der Waals surface area contributed by atoms with Crippen molar-refractivity contribution in [1.29, 1.82) is 0 Å². The first-order chi connectivity index (χ1) is 12.2. The highest BCUT2D eigenvalue weighted by Gasteiger charge is 2.59. The van der Waals surface area contributed by atoms with Crippen molar-refractivity contribution >= 4 is 28.2 Å². The second-order valence-electron chi connectivity index (χ2n) is 6.52. The van der Waals surface area contributed by atoms with Crippen molar-refractivity contribution in [3.63, 3.8) is 0 Å². The van der Waals surface area contributed by atoms with Crippen LogP contribution in [0.25, 0.3) is 10.8 Å². The number of aliphatic hydroxyl groups is 1. The largest absolute Gasteiger partial charge is 0.425 e. The molecule has 26 heavy (non-hydrogen) atoms. The van der Waals surface area contributed by atoms with Crippen LogP contribution in [0, 0.1) is 0 Å². The molecule has 6 heteroatoms. The molecular weight excluding hydrogens is 359 g/mol. The summed E-state index contributed by atoms with van der Waals surface area (Å²) >= 11 is 1.27. The molecule has 0 aromatic heterocycles. The lowest BCUT2D eigenvalue weighted by atomic mass is 9.84. The SMILES string of the molecule is CN(C)c1cccc2c3c(ccc12)C(O)(C(F)(F)F)c1ccccc1S3. The monoisotopic (exact) mass is 375 g/mol. The van der Waals surface area contributed by atoms with E-state index in [9.17, 15) is 18.3 Å². The van der Waals surface area contributed by atoms with Crippen LogP contribution in [-0.4, -0.2) is 25.4 Å². The smallest absolute Gasteiger partial charge is 0.377 e. The average Bonchev–Trinajstić information content (AvgIpc) is 2.60. The molecule has 1 unspecified atom stereocenters. The molecule has 0 saturated carbocycles. The number of nitrogens with zero attached hydrogens (tertiary/aromatic N) is 1. The molecular formula is C20H16F3NOS. The average molecular weight is 375 g/mol. The number of anilines is 1. The molecule has 3 aromatic rings. The molecule has 4 rings (SSSR count). The van der Waals surface area contributed by atoms with Crippen molar-refractivity contribution < 1.29 is 18.3 Å². The number of hydrogen-bond acceptors (Lipinski definition) is 3. The third-order valence-electron chi connectivity index (χ3n) is 4.76. The van der Waals surface area contributed by atoms with Gasteiger partial charge in [0.05, 0.1) is 0 Å². The number of benzene rings is 3. The fourth-order valence-electron chi connectivity index (χ4n) is 3.51. The van der Waals surface area contributed by atoms with Gasteiger partial charge < -0.3 is 10.0 Å². The molecule has 0 bridgehead atoms. The zero-order valence-electron chi connectivity index (χ0n) is 14.1. The Bertz CT molecular complexity index is 1020. The third-order valence-corrected chi connectivity index (χ3v) is 5.98. The van der Waals surface area contributed by atoms with E-state index in [1.165, 1.54) is 30.0 Å². The Hall–Kier alpha value is -2.18. The highest BCUT2D eigenvalue weighted by atomic mass is 32.2.